The van der Waals surface area contributed by atoms with Crippen LogP contribution in [0.3, 0.4) is 0 Å². The highest BCUT2D eigenvalue weighted by Gasteiger charge is 2.25. The van der Waals surface area contributed by atoms with Crippen molar-refractivity contribution in [3.63, 3.8) is 0 Å². The summed E-state index contributed by atoms with van der Waals surface area (Å²) in [5.41, 5.74) is 7.37. The molecule has 0 aliphatic heterocycles. The molecule has 84 valence electrons. The topological polar surface area (TPSA) is 26.0 Å². The van der Waals surface area contributed by atoms with Crippen molar-refractivity contribution >= 4 is 10.8 Å². The molecule has 0 aliphatic rings. The van der Waals surface area contributed by atoms with Gasteiger partial charge in [-0.15, -0.1) is 0 Å². The van der Waals surface area contributed by atoms with Crippen molar-refractivity contribution in [1.29, 1.82) is 0 Å². The van der Waals surface area contributed by atoms with E-state index in [2.05, 4.69) is 63.2 Å². The lowest BCUT2D eigenvalue weighted by molar-refractivity contribution is 0.434. The molecule has 2 aromatic carbocycles. The number of hydrogen-bond acceptors (Lipinski definition) is 1. The van der Waals surface area contributed by atoms with Gasteiger partial charge < -0.3 is 5.73 Å². The first-order valence-electron chi connectivity index (χ1n) is 5.76. The molecule has 1 heteroatoms. The highest BCUT2D eigenvalue weighted by atomic mass is 14.7. The lowest BCUT2D eigenvalue weighted by Gasteiger charge is -2.29. The number of nitrogens with two attached hydrogens (primary N) is 1. The van der Waals surface area contributed by atoms with Crippen LogP contribution in [-0.2, 0) is 5.41 Å². The Morgan fingerprint density at radius 2 is 1.62 bits per heavy atom. The molecule has 0 saturated carbocycles. The average Bonchev–Trinajstić information content (AvgIpc) is 2.28. The third-order valence-electron chi connectivity index (χ3n) is 3.63. The summed E-state index contributed by atoms with van der Waals surface area (Å²) < 4.78 is 0. The van der Waals surface area contributed by atoms with E-state index in [1.54, 1.807) is 0 Å². The normalized spacial score (nSPS) is 14.0. The van der Waals surface area contributed by atoms with Gasteiger partial charge in [0.25, 0.3) is 0 Å². The Kier molecular flexibility index (Phi) is 2.73. The maximum absolute atomic E-state index is 6.05. The number of rotatable bonds is 2. The Hall–Kier alpha value is -1.34. The highest BCUT2D eigenvalue weighted by Crippen LogP contribution is 2.28. The van der Waals surface area contributed by atoms with Gasteiger partial charge in [0.05, 0.1) is 0 Å². The molecule has 0 aliphatic carbocycles. The molecule has 0 spiro atoms. The van der Waals surface area contributed by atoms with Gasteiger partial charge in [-0.1, -0.05) is 56.3 Å². The first-order valence-corrected chi connectivity index (χ1v) is 5.76. The van der Waals surface area contributed by atoms with Crippen LogP contribution in [0, 0.1) is 0 Å². The highest BCUT2D eigenvalue weighted by molar-refractivity contribution is 5.83. The van der Waals surface area contributed by atoms with Crippen molar-refractivity contribution in [1.82, 2.24) is 0 Å². The van der Waals surface area contributed by atoms with Crippen LogP contribution in [0.5, 0.6) is 0 Å². The van der Waals surface area contributed by atoms with E-state index in [1.807, 2.05) is 0 Å². The Bertz CT molecular complexity index is 498. The summed E-state index contributed by atoms with van der Waals surface area (Å²) in [5.74, 6) is 0. The smallest absolute Gasteiger partial charge is 0.0102 e. The molecular weight excluding hydrogens is 194 g/mol. The molecular formula is C15H19N. The van der Waals surface area contributed by atoms with E-state index in [9.17, 15) is 0 Å². The second kappa shape index (κ2) is 3.91. The van der Waals surface area contributed by atoms with Gasteiger partial charge in [-0.25, -0.2) is 0 Å². The standard InChI is InChI=1S/C15H19N/c1-11(16)15(2,3)14-9-8-12-6-4-5-7-13(12)10-14/h4-11H,16H2,1-3H3. The minimum atomic E-state index is 0.0179. The zero-order valence-electron chi connectivity index (χ0n) is 10.2. The molecule has 2 aromatic rings. The fourth-order valence-corrected chi connectivity index (χ4v) is 1.85. The second-order valence-electron chi connectivity index (χ2n) is 5.07. The molecule has 0 bridgehead atoms. The summed E-state index contributed by atoms with van der Waals surface area (Å²) in [6.07, 6.45) is 0. The number of benzene rings is 2. The molecule has 1 atom stereocenters. The van der Waals surface area contributed by atoms with Gasteiger partial charge in [-0.3, -0.25) is 0 Å². The monoisotopic (exact) mass is 213 g/mol. The van der Waals surface area contributed by atoms with Crippen molar-refractivity contribution < 1.29 is 0 Å². The maximum atomic E-state index is 6.05. The van der Waals surface area contributed by atoms with Crippen molar-refractivity contribution in [2.24, 2.45) is 5.73 Å². The van der Waals surface area contributed by atoms with Crippen LogP contribution in [0.1, 0.15) is 26.3 Å². The predicted molar refractivity (Wildman–Crippen MR) is 70.6 cm³/mol. The van der Waals surface area contributed by atoms with Crippen LogP contribution < -0.4 is 5.73 Å². The van der Waals surface area contributed by atoms with Gasteiger partial charge in [-0.05, 0) is 23.3 Å². The quantitative estimate of drug-likeness (QED) is 0.812. The Morgan fingerprint density at radius 1 is 1.00 bits per heavy atom. The summed E-state index contributed by atoms with van der Waals surface area (Å²) >= 11 is 0. The molecule has 16 heavy (non-hydrogen) atoms. The maximum Gasteiger partial charge on any atom is 0.0102 e. The van der Waals surface area contributed by atoms with Gasteiger partial charge in [-0.2, -0.15) is 0 Å². The van der Waals surface area contributed by atoms with E-state index in [0.717, 1.165) is 0 Å². The lowest BCUT2D eigenvalue weighted by Crippen LogP contribution is -2.38. The Morgan fingerprint density at radius 3 is 2.25 bits per heavy atom. The summed E-state index contributed by atoms with van der Waals surface area (Å²) in [7, 11) is 0. The molecule has 0 radical (unpaired) electrons. The van der Waals surface area contributed by atoms with Crippen molar-refractivity contribution in [2.75, 3.05) is 0 Å². The van der Waals surface area contributed by atoms with Gasteiger partial charge in [0.1, 0.15) is 0 Å². The minimum absolute atomic E-state index is 0.0179. The largest absolute Gasteiger partial charge is 0.327 e. The van der Waals surface area contributed by atoms with Gasteiger partial charge >= 0.3 is 0 Å². The van der Waals surface area contributed by atoms with Crippen molar-refractivity contribution in [3.8, 4) is 0 Å². The molecule has 0 saturated heterocycles. The molecule has 2 rings (SSSR count). The van der Waals surface area contributed by atoms with E-state index >= 15 is 0 Å². The molecule has 0 aromatic heterocycles. The first kappa shape index (κ1) is 11.2. The summed E-state index contributed by atoms with van der Waals surface area (Å²) in [6.45, 7) is 6.46. The fourth-order valence-electron chi connectivity index (χ4n) is 1.85. The Balaban J connectivity index is 2.55. The van der Waals surface area contributed by atoms with E-state index in [0.29, 0.717) is 0 Å². The first-order chi connectivity index (χ1) is 7.51. The summed E-state index contributed by atoms with van der Waals surface area (Å²) in [6, 6.07) is 15.2. The van der Waals surface area contributed by atoms with Crippen LogP contribution >= 0.6 is 0 Å². The van der Waals surface area contributed by atoms with Crippen LogP contribution in [-0.4, -0.2) is 6.04 Å². The fraction of sp³-hybridized carbons (Fsp3) is 0.333. The minimum Gasteiger partial charge on any atom is -0.327 e. The van der Waals surface area contributed by atoms with Gasteiger partial charge in [0, 0.05) is 11.5 Å². The van der Waals surface area contributed by atoms with Crippen molar-refractivity contribution in [2.45, 2.75) is 32.2 Å². The molecule has 1 nitrogen and oxygen atoms in total. The molecule has 0 amide bonds. The van der Waals surface area contributed by atoms with E-state index in [1.165, 1.54) is 16.3 Å². The van der Waals surface area contributed by atoms with Crippen LogP contribution in [0.15, 0.2) is 42.5 Å². The van der Waals surface area contributed by atoms with Crippen LogP contribution in [0.25, 0.3) is 10.8 Å². The molecule has 0 heterocycles. The third kappa shape index (κ3) is 1.83. The van der Waals surface area contributed by atoms with E-state index in [4.69, 9.17) is 5.73 Å². The van der Waals surface area contributed by atoms with Crippen molar-refractivity contribution in [3.05, 3.63) is 48.0 Å². The predicted octanol–water partition coefficient (Wildman–Crippen LogP) is 3.46. The van der Waals surface area contributed by atoms with E-state index in [-0.39, 0.29) is 11.5 Å². The molecule has 0 fully saturated rings. The zero-order valence-corrected chi connectivity index (χ0v) is 10.2. The second-order valence-corrected chi connectivity index (χ2v) is 5.07. The number of hydrogen-bond donors (Lipinski definition) is 1. The lowest BCUT2D eigenvalue weighted by atomic mass is 9.78. The van der Waals surface area contributed by atoms with Gasteiger partial charge in [0.2, 0.25) is 0 Å². The Labute approximate surface area is 97.3 Å². The summed E-state index contributed by atoms with van der Waals surface area (Å²) in [5, 5.41) is 2.57. The average molecular weight is 213 g/mol. The zero-order chi connectivity index (χ0) is 11.8. The number of fused-ring (bicyclic) bond motifs is 1. The van der Waals surface area contributed by atoms with Crippen LogP contribution in [0.4, 0.5) is 0 Å². The molecule has 1 unspecified atom stereocenters. The van der Waals surface area contributed by atoms with Gasteiger partial charge in [0.15, 0.2) is 0 Å². The SMILES string of the molecule is CC(N)C(C)(C)c1ccc2ccccc2c1. The van der Waals surface area contributed by atoms with E-state index < -0.39 is 0 Å². The molecule has 2 N–H and O–H groups in total. The third-order valence-corrected chi connectivity index (χ3v) is 3.63. The van der Waals surface area contributed by atoms with Crippen LogP contribution in [0.2, 0.25) is 0 Å². The summed E-state index contributed by atoms with van der Waals surface area (Å²) in [4.78, 5) is 0.